The number of ether oxygens (including phenoxy) is 1. The van der Waals surface area contributed by atoms with E-state index in [1.807, 2.05) is 24.7 Å². The Morgan fingerprint density at radius 2 is 1.60 bits per heavy atom. The van der Waals surface area contributed by atoms with Gasteiger partial charge in [0.1, 0.15) is 0 Å². The summed E-state index contributed by atoms with van der Waals surface area (Å²) in [4.78, 5) is 8.84. The first-order valence-corrected chi connectivity index (χ1v) is 8.58. The highest BCUT2D eigenvalue weighted by Gasteiger charge is 2.19. The minimum absolute atomic E-state index is 0.118. The topological polar surface area (TPSA) is 54.1 Å². The van der Waals surface area contributed by atoms with Crippen molar-refractivity contribution in [1.82, 2.24) is 0 Å². The fraction of sp³-hybridized carbons (Fsp3) is 0.250. The van der Waals surface area contributed by atoms with Gasteiger partial charge in [0, 0.05) is 36.4 Å². The van der Waals surface area contributed by atoms with Gasteiger partial charge in [-0.3, -0.25) is 0 Å². The van der Waals surface area contributed by atoms with E-state index in [0.717, 1.165) is 37.7 Å². The highest BCUT2D eigenvalue weighted by atomic mass is 16.5. The highest BCUT2D eigenvalue weighted by Crippen LogP contribution is 2.31. The largest absolute Gasteiger partial charge is 0.399 e. The molecular weight excluding hydrogens is 312 g/mol. The monoisotopic (exact) mass is 334 g/mol. The van der Waals surface area contributed by atoms with E-state index in [1.165, 1.54) is 11.3 Å². The molecule has 0 radical (unpaired) electrons. The fourth-order valence-electron chi connectivity index (χ4n) is 3.26. The first-order valence-electron chi connectivity index (χ1n) is 8.58. The maximum atomic E-state index is 5.82. The molecular formula is C20H22N4O. The second-order valence-corrected chi connectivity index (χ2v) is 6.24. The Hall–Kier alpha value is -2.79. The number of aliphatic imine (C=N–C) groups is 1. The Kier molecular flexibility index (Phi) is 4.39. The molecule has 2 aliphatic rings. The van der Waals surface area contributed by atoms with E-state index in [2.05, 4.69) is 57.3 Å². The van der Waals surface area contributed by atoms with Crippen LogP contribution in [0.3, 0.4) is 0 Å². The van der Waals surface area contributed by atoms with E-state index in [1.54, 1.807) is 0 Å². The molecule has 2 aromatic carbocycles. The molecule has 0 aliphatic carbocycles. The molecule has 2 N–H and O–H groups in total. The number of anilines is 3. The van der Waals surface area contributed by atoms with Gasteiger partial charge in [0.2, 0.25) is 0 Å². The number of nitrogens with two attached hydrogens (primary N) is 1. The Bertz CT molecular complexity index is 761. The van der Waals surface area contributed by atoms with Crippen molar-refractivity contribution in [3.05, 3.63) is 66.4 Å². The molecule has 1 atom stereocenters. The molecule has 1 fully saturated rings. The minimum atomic E-state index is 0.118. The Morgan fingerprint density at radius 1 is 0.920 bits per heavy atom. The average Bonchev–Trinajstić information content (AvgIpc) is 2.69. The molecule has 0 amide bonds. The lowest BCUT2D eigenvalue weighted by molar-refractivity contribution is 0.122. The lowest BCUT2D eigenvalue weighted by atomic mass is 10.0. The summed E-state index contributed by atoms with van der Waals surface area (Å²) in [5.41, 5.74) is 10.1. The maximum absolute atomic E-state index is 5.82. The van der Waals surface area contributed by atoms with Crippen LogP contribution in [0.4, 0.5) is 17.1 Å². The summed E-state index contributed by atoms with van der Waals surface area (Å²) in [7, 11) is 0. The second kappa shape index (κ2) is 6.99. The summed E-state index contributed by atoms with van der Waals surface area (Å²) in [6, 6.07) is 16.8. The molecule has 0 spiro atoms. The van der Waals surface area contributed by atoms with Crippen LogP contribution in [0.2, 0.25) is 0 Å². The molecule has 25 heavy (non-hydrogen) atoms. The Morgan fingerprint density at radius 3 is 2.32 bits per heavy atom. The number of nitrogens with zero attached hydrogens (tertiary/aromatic N) is 3. The predicted molar refractivity (Wildman–Crippen MR) is 103 cm³/mol. The zero-order valence-corrected chi connectivity index (χ0v) is 14.1. The molecule has 2 aromatic rings. The van der Waals surface area contributed by atoms with Crippen LogP contribution in [-0.4, -0.2) is 32.6 Å². The van der Waals surface area contributed by atoms with Crippen molar-refractivity contribution >= 4 is 23.4 Å². The van der Waals surface area contributed by atoms with Crippen molar-refractivity contribution in [3.63, 3.8) is 0 Å². The van der Waals surface area contributed by atoms with Gasteiger partial charge < -0.3 is 20.3 Å². The average molecular weight is 334 g/mol. The van der Waals surface area contributed by atoms with Crippen molar-refractivity contribution < 1.29 is 4.74 Å². The number of morpholine rings is 1. The van der Waals surface area contributed by atoms with Crippen LogP contribution in [0.15, 0.2) is 65.8 Å². The van der Waals surface area contributed by atoms with Crippen LogP contribution < -0.4 is 15.5 Å². The van der Waals surface area contributed by atoms with Gasteiger partial charge in [-0.25, -0.2) is 4.99 Å². The molecule has 0 aromatic heterocycles. The van der Waals surface area contributed by atoms with E-state index in [9.17, 15) is 0 Å². The molecule has 1 saturated heterocycles. The zero-order chi connectivity index (χ0) is 17.1. The van der Waals surface area contributed by atoms with Crippen LogP contribution in [0.1, 0.15) is 11.6 Å². The van der Waals surface area contributed by atoms with E-state index >= 15 is 0 Å². The normalized spacial score (nSPS) is 20.1. The van der Waals surface area contributed by atoms with Gasteiger partial charge >= 0.3 is 0 Å². The molecule has 5 heteroatoms. The van der Waals surface area contributed by atoms with Gasteiger partial charge in [0.05, 0.1) is 25.6 Å². The highest BCUT2D eigenvalue weighted by molar-refractivity contribution is 5.83. The summed E-state index contributed by atoms with van der Waals surface area (Å²) < 4.78 is 5.43. The quantitative estimate of drug-likeness (QED) is 0.876. The zero-order valence-electron chi connectivity index (χ0n) is 14.1. The number of hydrogen-bond acceptors (Lipinski definition) is 5. The molecule has 5 nitrogen and oxygen atoms in total. The summed E-state index contributed by atoms with van der Waals surface area (Å²) in [6.07, 6.45) is 5.83. The fourth-order valence-corrected chi connectivity index (χ4v) is 3.26. The summed E-state index contributed by atoms with van der Waals surface area (Å²) in [5, 5.41) is 0. The summed E-state index contributed by atoms with van der Waals surface area (Å²) >= 11 is 0. The van der Waals surface area contributed by atoms with Gasteiger partial charge in [0.15, 0.2) is 0 Å². The molecule has 1 unspecified atom stereocenters. The molecule has 4 rings (SSSR count). The van der Waals surface area contributed by atoms with Crippen LogP contribution in [0.25, 0.3) is 0 Å². The molecule has 128 valence electrons. The predicted octanol–water partition coefficient (Wildman–Crippen LogP) is 3.21. The molecule has 0 saturated carbocycles. The number of rotatable bonds is 3. The summed E-state index contributed by atoms with van der Waals surface area (Å²) in [5.74, 6) is 0. The lowest BCUT2D eigenvalue weighted by Gasteiger charge is -2.32. The first-order chi connectivity index (χ1) is 12.3. The van der Waals surface area contributed by atoms with E-state index in [4.69, 9.17) is 10.5 Å². The van der Waals surface area contributed by atoms with Crippen molar-refractivity contribution in [2.45, 2.75) is 6.04 Å². The SMILES string of the molecule is Nc1ccc(C2C=CN=CN2c2ccc(N3CCOCC3)cc2)cc1. The van der Waals surface area contributed by atoms with Crippen molar-refractivity contribution in [1.29, 1.82) is 0 Å². The Labute approximate surface area is 148 Å². The maximum Gasteiger partial charge on any atom is 0.0957 e. The third-order valence-corrected chi connectivity index (χ3v) is 4.65. The van der Waals surface area contributed by atoms with Crippen molar-refractivity contribution in [2.75, 3.05) is 41.8 Å². The minimum Gasteiger partial charge on any atom is -0.399 e. The van der Waals surface area contributed by atoms with Gasteiger partial charge in [-0.2, -0.15) is 0 Å². The number of benzene rings is 2. The van der Waals surface area contributed by atoms with Gasteiger partial charge in [0.25, 0.3) is 0 Å². The van der Waals surface area contributed by atoms with Crippen LogP contribution in [0, 0.1) is 0 Å². The number of nitrogen functional groups attached to an aromatic ring is 1. The van der Waals surface area contributed by atoms with E-state index in [0.29, 0.717) is 0 Å². The smallest absolute Gasteiger partial charge is 0.0957 e. The van der Waals surface area contributed by atoms with Crippen LogP contribution >= 0.6 is 0 Å². The third kappa shape index (κ3) is 3.37. The lowest BCUT2D eigenvalue weighted by Crippen LogP contribution is -2.36. The van der Waals surface area contributed by atoms with Gasteiger partial charge in [-0.1, -0.05) is 12.1 Å². The first kappa shape index (κ1) is 15.7. The van der Waals surface area contributed by atoms with Crippen LogP contribution in [0.5, 0.6) is 0 Å². The number of hydrogen-bond donors (Lipinski definition) is 1. The van der Waals surface area contributed by atoms with E-state index < -0.39 is 0 Å². The second-order valence-electron chi connectivity index (χ2n) is 6.24. The summed E-state index contributed by atoms with van der Waals surface area (Å²) in [6.45, 7) is 3.48. The van der Waals surface area contributed by atoms with Crippen molar-refractivity contribution in [2.24, 2.45) is 4.99 Å². The third-order valence-electron chi connectivity index (χ3n) is 4.65. The van der Waals surface area contributed by atoms with Gasteiger partial charge in [-0.05, 0) is 48.0 Å². The van der Waals surface area contributed by atoms with Crippen molar-refractivity contribution in [3.8, 4) is 0 Å². The van der Waals surface area contributed by atoms with Crippen LogP contribution in [-0.2, 0) is 4.74 Å². The van der Waals surface area contributed by atoms with E-state index in [-0.39, 0.29) is 6.04 Å². The molecule has 2 heterocycles. The molecule has 0 bridgehead atoms. The van der Waals surface area contributed by atoms with Gasteiger partial charge in [-0.15, -0.1) is 0 Å². The molecule has 2 aliphatic heterocycles. The standard InChI is InChI=1S/C20H22N4O/c21-17-3-1-16(2-4-17)20-9-10-22-15-24(20)19-7-5-18(6-8-19)23-11-13-25-14-12-23/h1-10,15,20H,11-14,21H2. The Balaban J connectivity index is 1.57.